The number of nitrogens with zero attached hydrogens (tertiary/aromatic N) is 2. The maximum atomic E-state index is 12.0. The molecule has 0 saturated carbocycles. The standard InChI is InChI=1S/C12H16ClN3O4S/c13-10-1-3-14-9-11(10)21(18,19)15-4-2-12(17)16-5-7-20-8-6-16/h1,3,9,15H,2,4-8H2. The van der Waals surface area contributed by atoms with E-state index in [4.69, 9.17) is 16.3 Å². The third-order valence-corrected chi connectivity index (χ3v) is 4.95. The number of hydrogen-bond donors (Lipinski definition) is 1. The second kappa shape index (κ2) is 7.17. The van der Waals surface area contributed by atoms with Crippen molar-refractivity contribution in [2.24, 2.45) is 0 Å². The van der Waals surface area contributed by atoms with Crippen molar-refractivity contribution in [2.75, 3.05) is 32.8 Å². The number of pyridine rings is 1. The van der Waals surface area contributed by atoms with Crippen LogP contribution in [0.1, 0.15) is 6.42 Å². The number of carbonyl (C=O) groups excluding carboxylic acids is 1. The third kappa shape index (κ3) is 4.37. The molecule has 1 aromatic heterocycles. The molecule has 1 amide bonds. The summed E-state index contributed by atoms with van der Waals surface area (Å²) in [5.41, 5.74) is 0. The first-order valence-corrected chi connectivity index (χ1v) is 8.31. The predicted octanol–water partition coefficient (Wildman–Crippen LogP) is 0.262. The maximum Gasteiger partial charge on any atom is 0.243 e. The molecule has 1 aliphatic heterocycles. The summed E-state index contributed by atoms with van der Waals surface area (Å²) < 4.78 is 31.6. The van der Waals surface area contributed by atoms with Crippen LogP contribution in [0.3, 0.4) is 0 Å². The second-order valence-corrected chi connectivity index (χ2v) is 6.59. The average Bonchev–Trinajstić information content (AvgIpc) is 2.48. The van der Waals surface area contributed by atoms with Gasteiger partial charge in [-0.05, 0) is 6.07 Å². The third-order valence-electron chi connectivity index (χ3n) is 3.02. The van der Waals surface area contributed by atoms with E-state index < -0.39 is 10.0 Å². The van der Waals surface area contributed by atoms with Gasteiger partial charge in [-0.15, -0.1) is 0 Å². The minimum Gasteiger partial charge on any atom is -0.378 e. The van der Waals surface area contributed by atoms with Crippen LogP contribution >= 0.6 is 11.6 Å². The van der Waals surface area contributed by atoms with Crippen LogP contribution in [0.4, 0.5) is 0 Å². The van der Waals surface area contributed by atoms with E-state index >= 15 is 0 Å². The second-order valence-electron chi connectivity index (χ2n) is 4.45. The van der Waals surface area contributed by atoms with Crippen LogP contribution in [0.5, 0.6) is 0 Å². The molecule has 116 valence electrons. The molecule has 0 bridgehead atoms. The molecule has 0 spiro atoms. The SMILES string of the molecule is O=C(CCNS(=O)(=O)c1cnccc1Cl)N1CCOCC1. The smallest absolute Gasteiger partial charge is 0.243 e. The molecule has 2 heterocycles. The summed E-state index contributed by atoms with van der Waals surface area (Å²) in [6.07, 6.45) is 2.68. The highest BCUT2D eigenvalue weighted by Crippen LogP contribution is 2.18. The molecular formula is C12H16ClN3O4S. The van der Waals surface area contributed by atoms with E-state index in [2.05, 4.69) is 9.71 Å². The Balaban J connectivity index is 1.88. The van der Waals surface area contributed by atoms with Crippen molar-refractivity contribution in [3.8, 4) is 0 Å². The summed E-state index contributed by atoms with van der Waals surface area (Å²) >= 11 is 5.82. The van der Waals surface area contributed by atoms with E-state index in [1.807, 2.05) is 0 Å². The van der Waals surface area contributed by atoms with Crippen molar-refractivity contribution < 1.29 is 17.9 Å². The van der Waals surface area contributed by atoms with Gasteiger partial charge in [-0.25, -0.2) is 13.1 Å². The number of aromatic nitrogens is 1. The van der Waals surface area contributed by atoms with Gasteiger partial charge in [0.2, 0.25) is 15.9 Å². The largest absolute Gasteiger partial charge is 0.378 e. The fourth-order valence-electron chi connectivity index (χ4n) is 1.90. The van der Waals surface area contributed by atoms with Crippen LogP contribution in [0.2, 0.25) is 5.02 Å². The van der Waals surface area contributed by atoms with Crippen molar-refractivity contribution in [3.63, 3.8) is 0 Å². The molecule has 21 heavy (non-hydrogen) atoms. The molecule has 0 aromatic carbocycles. The van der Waals surface area contributed by atoms with Crippen molar-refractivity contribution in [2.45, 2.75) is 11.3 Å². The number of ether oxygens (including phenoxy) is 1. The van der Waals surface area contributed by atoms with E-state index in [-0.39, 0.29) is 28.8 Å². The minimum absolute atomic E-state index is 0.0176. The lowest BCUT2D eigenvalue weighted by Crippen LogP contribution is -2.42. The van der Waals surface area contributed by atoms with Gasteiger partial charge in [0.05, 0.1) is 18.2 Å². The molecular weight excluding hydrogens is 318 g/mol. The normalized spacial score (nSPS) is 16.0. The zero-order chi connectivity index (χ0) is 15.3. The highest BCUT2D eigenvalue weighted by atomic mass is 35.5. The summed E-state index contributed by atoms with van der Waals surface area (Å²) in [7, 11) is -3.76. The molecule has 1 aromatic rings. The van der Waals surface area contributed by atoms with Crippen molar-refractivity contribution in [1.82, 2.24) is 14.6 Å². The number of amides is 1. The van der Waals surface area contributed by atoms with Gasteiger partial charge in [0, 0.05) is 38.4 Å². The Labute approximate surface area is 128 Å². The Bertz CT molecular complexity index is 602. The van der Waals surface area contributed by atoms with E-state index in [0.717, 1.165) is 0 Å². The first kappa shape index (κ1) is 16.2. The molecule has 0 aliphatic carbocycles. The fraction of sp³-hybridized carbons (Fsp3) is 0.500. The van der Waals surface area contributed by atoms with E-state index in [1.54, 1.807) is 4.90 Å². The number of morpholine rings is 1. The average molecular weight is 334 g/mol. The van der Waals surface area contributed by atoms with Gasteiger partial charge in [-0.3, -0.25) is 9.78 Å². The van der Waals surface area contributed by atoms with E-state index in [9.17, 15) is 13.2 Å². The summed E-state index contributed by atoms with van der Waals surface area (Å²) in [6, 6.07) is 1.40. The number of hydrogen-bond acceptors (Lipinski definition) is 5. The predicted molar refractivity (Wildman–Crippen MR) is 76.5 cm³/mol. The van der Waals surface area contributed by atoms with Gasteiger partial charge in [0.15, 0.2) is 0 Å². The number of sulfonamides is 1. The number of carbonyl (C=O) groups is 1. The van der Waals surface area contributed by atoms with Crippen molar-refractivity contribution >= 4 is 27.5 Å². The zero-order valence-corrected chi connectivity index (χ0v) is 12.9. The first-order chi connectivity index (χ1) is 10.0. The van der Waals surface area contributed by atoms with Crippen LogP contribution in [-0.2, 0) is 19.6 Å². The van der Waals surface area contributed by atoms with Crippen LogP contribution < -0.4 is 4.72 Å². The molecule has 0 atom stereocenters. The number of halogens is 1. The van der Waals surface area contributed by atoms with Crippen LogP contribution in [-0.4, -0.2) is 57.1 Å². The summed E-state index contributed by atoms with van der Waals surface area (Å²) in [5, 5.41) is 0.0944. The molecule has 1 fully saturated rings. The van der Waals surface area contributed by atoms with E-state index in [0.29, 0.717) is 26.3 Å². The van der Waals surface area contributed by atoms with Gasteiger partial charge < -0.3 is 9.64 Å². The quantitative estimate of drug-likeness (QED) is 0.835. The van der Waals surface area contributed by atoms with Crippen LogP contribution in [0.15, 0.2) is 23.4 Å². The minimum atomic E-state index is -3.76. The lowest BCUT2D eigenvalue weighted by molar-refractivity contribution is -0.135. The first-order valence-electron chi connectivity index (χ1n) is 6.45. The summed E-state index contributed by atoms with van der Waals surface area (Å²) in [6.45, 7) is 2.13. The summed E-state index contributed by atoms with van der Waals surface area (Å²) in [4.78, 5) is 17.2. The van der Waals surface area contributed by atoms with Gasteiger partial charge in [-0.2, -0.15) is 0 Å². The lowest BCUT2D eigenvalue weighted by Gasteiger charge is -2.26. The molecule has 1 N–H and O–H groups in total. The van der Waals surface area contributed by atoms with Gasteiger partial charge in [0.1, 0.15) is 4.90 Å². The van der Waals surface area contributed by atoms with Gasteiger partial charge in [-0.1, -0.05) is 11.6 Å². The van der Waals surface area contributed by atoms with Gasteiger partial charge in [0.25, 0.3) is 0 Å². The Morgan fingerprint density at radius 1 is 1.43 bits per heavy atom. The Morgan fingerprint density at radius 2 is 2.14 bits per heavy atom. The molecule has 0 unspecified atom stereocenters. The molecule has 2 rings (SSSR count). The Kier molecular flexibility index (Phi) is 5.51. The molecule has 0 radical (unpaired) electrons. The molecule has 7 nitrogen and oxygen atoms in total. The lowest BCUT2D eigenvalue weighted by atomic mass is 10.3. The monoisotopic (exact) mass is 333 g/mol. The molecule has 1 saturated heterocycles. The zero-order valence-electron chi connectivity index (χ0n) is 11.3. The number of rotatable bonds is 5. The van der Waals surface area contributed by atoms with Crippen molar-refractivity contribution in [1.29, 1.82) is 0 Å². The van der Waals surface area contributed by atoms with Crippen LogP contribution in [0, 0.1) is 0 Å². The Morgan fingerprint density at radius 3 is 2.81 bits per heavy atom. The van der Waals surface area contributed by atoms with Crippen molar-refractivity contribution in [3.05, 3.63) is 23.5 Å². The van der Waals surface area contributed by atoms with E-state index in [1.165, 1.54) is 18.5 Å². The fourth-order valence-corrected chi connectivity index (χ4v) is 3.36. The number of nitrogens with one attached hydrogen (secondary N) is 1. The topological polar surface area (TPSA) is 88.6 Å². The molecule has 1 aliphatic rings. The highest BCUT2D eigenvalue weighted by Gasteiger charge is 2.20. The van der Waals surface area contributed by atoms with Crippen LogP contribution in [0.25, 0.3) is 0 Å². The molecule has 9 heteroatoms. The Hall–Kier alpha value is -1.22. The summed E-state index contributed by atoms with van der Waals surface area (Å²) in [5.74, 6) is -0.0988. The maximum absolute atomic E-state index is 12.0. The van der Waals surface area contributed by atoms with Gasteiger partial charge >= 0.3 is 0 Å². The highest BCUT2D eigenvalue weighted by molar-refractivity contribution is 7.89.